The van der Waals surface area contributed by atoms with Crippen LogP contribution in [0.1, 0.15) is 33.7 Å². The van der Waals surface area contributed by atoms with E-state index in [-0.39, 0.29) is 23.9 Å². The minimum atomic E-state index is -1.01. The first kappa shape index (κ1) is 15.9. The van der Waals surface area contributed by atoms with Gasteiger partial charge < -0.3 is 15.3 Å². The zero-order valence-electron chi connectivity index (χ0n) is 11.3. The summed E-state index contributed by atoms with van der Waals surface area (Å²) < 4.78 is 0. The molecule has 0 aromatic carbocycles. The van der Waals surface area contributed by atoms with Crippen molar-refractivity contribution in [2.24, 2.45) is 0 Å². The molecule has 1 rings (SSSR count). The Balaban J connectivity index is 2.58. The molecule has 1 aromatic rings. The van der Waals surface area contributed by atoms with Crippen molar-refractivity contribution in [1.29, 1.82) is 5.26 Å². The first-order valence-corrected chi connectivity index (χ1v) is 6.90. The van der Waals surface area contributed by atoms with E-state index in [9.17, 15) is 9.59 Å². The lowest BCUT2D eigenvalue weighted by Crippen LogP contribution is -2.39. The monoisotopic (exact) mass is 296 g/mol. The van der Waals surface area contributed by atoms with E-state index in [4.69, 9.17) is 10.4 Å². The average molecular weight is 296 g/mol. The molecule has 2 amide bonds. The van der Waals surface area contributed by atoms with E-state index in [1.807, 2.05) is 13.0 Å². The van der Waals surface area contributed by atoms with Gasteiger partial charge in [-0.3, -0.25) is 0 Å². The Morgan fingerprint density at radius 1 is 1.55 bits per heavy atom. The second-order valence-corrected chi connectivity index (χ2v) is 5.06. The van der Waals surface area contributed by atoms with Gasteiger partial charge >= 0.3 is 12.0 Å². The fraction of sp³-hybridized carbons (Fsp3) is 0.500. The van der Waals surface area contributed by atoms with E-state index in [1.165, 1.54) is 4.90 Å². The van der Waals surface area contributed by atoms with E-state index in [1.54, 1.807) is 6.92 Å². The molecule has 0 radical (unpaired) electrons. The third-order valence-corrected chi connectivity index (χ3v) is 3.73. The number of carbonyl (C=O) groups is 2. The van der Waals surface area contributed by atoms with Crippen LogP contribution in [-0.4, -0.2) is 40.1 Å². The van der Waals surface area contributed by atoms with Crippen molar-refractivity contribution < 1.29 is 14.7 Å². The standard InChI is InChI=1S/C12H16N4O3S/c1-3-16(6-4-5-13)12(19)14-7-9-15-8(2)10(20-9)11(17)18/h3-4,6-7H2,1-2H3,(H,14,19)(H,17,18). The molecule has 2 N–H and O–H groups in total. The number of aromatic carboxylic acids is 1. The minimum absolute atomic E-state index is 0.181. The van der Waals surface area contributed by atoms with Crippen LogP contribution in [0.5, 0.6) is 0 Å². The number of urea groups is 1. The molecule has 0 bridgehead atoms. The number of carbonyl (C=O) groups excluding carboxylic acids is 1. The second-order valence-electron chi connectivity index (χ2n) is 3.97. The van der Waals surface area contributed by atoms with Gasteiger partial charge in [0.15, 0.2) is 0 Å². The van der Waals surface area contributed by atoms with Gasteiger partial charge in [0.25, 0.3) is 0 Å². The first-order valence-electron chi connectivity index (χ1n) is 6.08. The summed E-state index contributed by atoms with van der Waals surface area (Å²) in [7, 11) is 0. The van der Waals surface area contributed by atoms with Gasteiger partial charge in [0.2, 0.25) is 0 Å². The lowest BCUT2D eigenvalue weighted by molar-refractivity contribution is 0.0701. The molecule has 1 aromatic heterocycles. The summed E-state index contributed by atoms with van der Waals surface area (Å²) in [6, 6.07) is 1.70. The van der Waals surface area contributed by atoms with Crippen LogP contribution in [0, 0.1) is 18.3 Å². The topological polar surface area (TPSA) is 106 Å². The summed E-state index contributed by atoms with van der Waals surface area (Å²) in [4.78, 5) is 28.5. The molecule has 0 aliphatic rings. The van der Waals surface area contributed by atoms with Gasteiger partial charge in [0, 0.05) is 13.1 Å². The number of nitrogens with one attached hydrogen (secondary N) is 1. The van der Waals surface area contributed by atoms with Gasteiger partial charge in [-0.2, -0.15) is 5.26 Å². The van der Waals surface area contributed by atoms with Crippen molar-refractivity contribution in [2.45, 2.75) is 26.8 Å². The minimum Gasteiger partial charge on any atom is -0.477 e. The van der Waals surface area contributed by atoms with Crippen molar-refractivity contribution in [3.8, 4) is 6.07 Å². The highest BCUT2D eigenvalue weighted by atomic mass is 32.1. The van der Waals surface area contributed by atoms with Crippen LogP contribution in [0.2, 0.25) is 0 Å². The Morgan fingerprint density at radius 3 is 2.75 bits per heavy atom. The number of hydrogen-bond donors (Lipinski definition) is 2. The summed E-state index contributed by atoms with van der Waals surface area (Å²) in [5.74, 6) is -1.01. The number of hydrogen-bond acceptors (Lipinski definition) is 5. The SMILES string of the molecule is CCN(CCC#N)C(=O)NCc1nc(C)c(C(=O)O)s1. The van der Waals surface area contributed by atoms with Crippen molar-refractivity contribution >= 4 is 23.3 Å². The summed E-state index contributed by atoms with van der Waals surface area (Å²) in [6.07, 6.45) is 0.279. The van der Waals surface area contributed by atoms with Gasteiger partial charge in [-0.1, -0.05) is 0 Å². The number of nitriles is 1. The summed E-state index contributed by atoms with van der Waals surface area (Å²) in [5.41, 5.74) is 0.448. The lowest BCUT2D eigenvalue weighted by Gasteiger charge is -2.19. The molecule has 0 aliphatic carbocycles. The highest BCUT2D eigenvalue weighted by Crippen LogP contribution is 2.17. The summed E-state index contributed by atoms with van der Waals surface area (Å²) in [6.45, 7) is 4.51. The van der Waals surface area contributed by atoms with E-state index < -0.39 is 5.97 Å². The van der Waals surface area contributed by atoms with E-state index in [2.05, 4.69) is 10.3 Å². The Kier molecular flexibility index (Phi) is 5.93. The van der Waals surface area contributed by atoms with Crippen LogP contribution < -0.4 is 5.32 Å². The fourth-order valence-electron chi connectivity index (χ4n) is 1.58. The van der Waals surface area contributed by atoms with Crippen LogP contribution in [0.15, 0.2) is 0 Å². The highest BCUT2D eigenvalue weighted by Gasteiger charge is 2.15. The van der Waals surface area contributed by atoms with E-state index in [0.717, 1.165) is 11.3 Å². The molecular formula is C12H16N4O3S. The number of aromatic nitrogens is 1. The first-order chi connectivity index (χ1) is 9.49. The predicted octanol–water partition coefficient (Wildman–Crippen LogP) is 1.59. The molecule has 108 valence electrons. The molecule has 7 nitrogen and oxygen atoms in total. The molecule has 0 fully saturated rings. The summed E-state index contributed by atoms with van der Waals surface area (Å²) >= 11 is 1.05. The van der Waals surface area contributed by atoms with Crippen molar-refractivity contribution in [2.75, 3.05) is 13.1 Å². The third kappa shape index (κ3) is 4.20. The Morgan fingerprint density at radius 2 is 2.25 bits per heavy atom. The number of thiazole rings is 1. The van der Waals surface area contributed by atoms with Crippen molar-refractivity contribution in [3.63, 3.8) is 0 Å². The van der Waals surface area contributed by atoms with Crippen LogP contribution in [-0.2, 0) is 6.54 Å². The Hall–Kier alpha value is -2.14. The maximum Gasteiger partial charge on any atom is 0.347 e. The number of nitrogens with zero attached hydrogens (tertiary/aromatic N) is 3. The number of carboxylic acid groups (broad SMARTS) is 1. The fourth-order valence-corrected chi connectivity index (χ4v) is 2.42. The normalized spacial score (nSPS) is 9.85. The van der Waals surface area contributed by atoms with Gasteiger partial charge in [-0.05, 0) is 13.8 Å². The van der Waals surface area contributed by atoms with Gasteiger partial charge in [0.1, 0.15) is 9.88 Å². The molecule has 0 saturated carbocycles. The quantitative estimate of drug-likeness (QED) is 0.829. The third-order valence-electron chi connectivity index (χ3n) is 2.59. The maximum absolute atomic E-state index is 11.8. The average Bonchev–Trinajstić information content (AvgIpc) is 2.78. The summed E-state index contributed by atoms with van der Waals surface area (Å²) in [5, 5.41) is 20.7. The zero-order chi connectivity index (χ0) is 15.1. The van der Waals surface area contributed by atoms with Gasteiger partial charge in [-0.25, -0.2) is 14.6 Å². The Bertz CT molecular complexity index is 535. The smallest absolute Gasteiger partial charge is 0.347 e. The number of aryl methyl sites for hydroxylation is 1. The van der Waals surface area contributed by atoms with Crippen LogP contribution >= 0.6 is 11.3 Å². The van der Waals surface area contributed by atoms with Crippen LogP contribution in [0.25, 0.3) is 0 Å². The number of amides is 2. The van der Waals surface area contributed by atoms with Crippen molar-refractivity contribution in [1.82, 2.24) is 15.2 Å². The number of rotatable bonds is 6. The molecule has 8 heteroatoms. The molecule has 0 spiro atoms. The van der Waals surface area contributed by atoms with Crippen molar-refractivity contribution in [3.05, 3.63) is 15.6 Å². The van der Waals surface area contributed by atoms with E-state index >= 15 is 0 Å². The number of carboxylic acids is 1. The molecule has 0 unspecified atom stereocenters. The van der Waals surface area contributed by atoms with Gasteiger partial charge in [-0.15, -0.1) is 11.3 Å². The van der Waals surface area contributed by atoms with E-state index in [0.29, 0.717) is 23.8 Å². The molecular weight excluding hydrogens is 280 g/mol. The molecule has 0 aliphatic heterocycles. The zero-order valence-corrected chi connectivity index (χ0v) is 12.2. The molecule has 20 heavy (non-hydrogen) atoms. The Labute approximate surface area is 120 Å². The van der Waals surface area contributed by atoms with Crippen LogP contribution in [0.4, 0.5) is 4.79 Å². The molecule has 0 saturated heterocycles. The highest BCUT2D eigenvalue weighted by molar-refractivity contribution is 7.13. The van der Waals surface area contributed by atoms with Crippen LogP contribution in [0.3, 0.4) is 0 Å². The molecule has 0 atom stereocenters. The predicted molar refractivity (Wildman–Crippen MR) is 73.5 cm³/mol. The maximum atomic E-state index is 11.8. The largest absolute Gasteiger partial charge is 0.477 e. The second kappa shape index (κ2) is 7.45. The van der Waals surface area contributed by atoms with Gasteiger partial charge in [0.05, 0.1) is 24.7 Å². The lowest BCUT2D eigenvalue weighted by atomic mass is 10.4. The molecule has 1 heterocycles.